The second-order valence-corrected chi connectivity index (χ2v) is 5.23. The Labute approximate surface area is 127 Å². The molecule has 2 heterocycles. The fourth-order valence-corrected chi connectivity index (χ4v) is 2.87. The van der Waals surface area contributed by atoms with Crippen LogP contribution < -0.4 is 0 Å². The molecular weight excluding hydrogens is 291 g/mol. The van der Waals surface area contributed by atoms with Crippen molar-refractivity contribution >= 4 is 45.8 Å². The van der Waals surface area contributed by atoms with Crippen LogP contribution in [0.1, 0.15) is 0 Å². The SMILES string of the molecule is Cl.Cn1cc2c3ccccc3nc-2c2ccc(Cl)cc21. The predicted molar refractivity (Wildman–Crippen MR) is 87.1 cm³/mol. The molecule has 2 aromatic rings. The average molecular weight is 303 g/mol. The summed E-state index contributed by atoms with van der Waals surface area (Å²) >= 11 is 6.09. The Morgan fingerprint density at radius 1 is 1.05 bits per heavy atom. The lowest BCUT2D eigenvalue weighted by molar-refractivity contribution is 0.955. The van der Waals surface area contributed by atoms with Crippen molar-refractivity contribution in [1.82, 2.24) is 9.55 Å². The van der Waals surface area contributed by atoms with E-state index in [0.717, 1.165) is 27.1 Å². The van der Waals surface area contributed by atoms with Crippen molar-refractivity contribution in [2.24, 2.45) is 7.05 Å². The molecular formula is C16H12Cl2N2. The van der Waals surface area contributed by atoms with Crippen LogP contribution in [0.4, 0.5) is 0 Å². The van der Waals surface area contributed by atoms with E-state index in [4.69, 9.17) is 16.6 Å². The molecule has 2 aliphatic rings. The number of benzene rings is 2. The molecule has 0 saturated carbocycles. The molecule has 0 aromatic heterocycles. The van der Waals surface area contributed by atoms with Gasteiger partial charge in [0.2, 0.25) is 0 Å². The number of rotatable bonds is 0. The Bertz CT molecular complexity index is 896. The highest BCUT2D eigenvalue weighted by Gasteiger charge is 2.16. The largest absolute Gasteiger partial charge is 0.350 e. The van der Waals surface area contributed by atoms with Gasteiger partial charge in [0.25, 0.3) is 0 Å². The van der Waals surface area contributed by atoms with Crippen molar-refractivity contribution < 1.29 is 0 Å². The first kappa shape index (κ1) is 13.2. The van der Waals surface area contributed by atoms with Crippen LogP contribution in [0.15, 0.2) is 48.7 Å². The van der Waals surface area contributed by atoms with Crippen LogP contribution >= 0.6 is 24.0 Å². The predicted octanol–water partition coefficient (Wildman–Crippen LogP) is 4.91. The third kappa shape index (κ3) is 1.76. The van der Waals surface area contributed by atoms with Gasteiger partial charge in [-0.3, -0.25) is 0 Å². The molecule has 100 valence electrons. The summed E-state index contributed by atoms with van der Waals surface area (Å²) in [5.41, 5.74) is 4.38. The quantitative estimate of drug-likeness (QED) is 0.451. The van der Waals surface area contributed by atoms with Gasteiger partial charge < -0.3 is 4.57 Å². The van der Waals surface area contributed by atoms with E-state index in [0.29, 0.717) is 0 Å². The standard InChI is InChI=1S/C16H11ClN2.ClH/c1-19-9-13-11-4-2-3-5-14(11)18-16(13)12-7-6-10(17)8-15(12)19;/h2-9H,1H3;1H. The Balaban J connectivity index is 0.00000121. The molecule has 0 aliphatic carbocycles. The molecule has 0 N–H and O–H groups in total. The fourth-order valence-electron chi connectivity index (χ4n) is 2.70. The van der Waals surface area contributed by atoms with Crippen LogP contribution in [0.5, 0.6) is 0 Å². The molecule has 4 rings (SSSR count). The number of aryl methyl sites for hydroxylation is 1. The number of fused-ring (bicyclic) bond motifs is 5. The molecule has 20 heavy (non-hydrogen) atoms. The van der Waals surface area contributed by atoms with Gasteiger partial charge in [-0.25, -0.2) is 4.98 Å². The van der Waals surface area contributed by atoms with E-state index in [1.54, 1.807) is 0 Å². The maximum absolute atomic E-state index is 6.09. The zero-order valence-corrected chi connectivity index (χ0v) is 12.4. The van der Waals surface area contributed by atoms with Gasteiger partial charge in [-0.05, 0) is 24.3 Å². The average Bonchev–Trinajstić information content (AvgIpc) is 2.78. The van der Waals surface area contributed by atoms with Crippen LogP contribution in [0, 0.1) is 0 Å². The third-order valence-electron chi connectivity index (χ3n) is 3.60. The topological polar surface area (TPSA) is 17.8 Å². The summed E-state index contributed by atoms with van der Waals surface area (Å²) < 4.78 is 2.11. The zero-order chi connectivity index (χ0) is 13.0. The van der Waals surface area contributed by atoms with E-state index >= 15 is 0 Å². The van der Waals surface area contributed by atoms with E-state index in [9.17, 15) is 0 Å². The first-order valence-corrected chi connectivity index (χ1v) is 6.55. The van der Waals surface area contributed by atoms with E-state index < -0.39 is 0 Å². The number of hydrogen-bond donors (Lipinski definition) is 0. The highest BCUT2D eigenvalue weighted by Crippen LogP contribution is 2.36. The highest BCUT2D eigenvalue weighted by atomic mass is 35.5. The monoisotopic (exact) mass is 302 g/mol. The van der Waals surface area contributed by atoms with Crippen molar-refractivity contribution in [1.29, 1.82) is 0 Å². The van der Waals surface area contributed by atoms with Gasteiger partial charge in [0.05, 0.1) is 16.7 Å². The molecule has 0 radical (unpaired) electrons. The second kappa shape index (κ2) is 4.65. The maximum atomic E-state index is 6.09. The summed E-state index contributed by atoms with van der Waals surface area (Å²) in [5, 5.41) is 3.09. The van der Waals surface area contributed by atoms with E-state index in [-0.39, 0.29) is 12.4 Å². The molecule has 0 bridgehead atoms. The smallest absolute Gasteiger partial charge is 0.0824 e. The van der Waals surface area contributed by atoms with Crippen LogP contribution in [0.25, 0.3) is 33.1 Å². The lowest BCUT2D eigenvalue weighted by Gasteiger charge is -2.10. The van der Waals surface area contributed by atoms with E-state index in [1.165, 1.54) is 10.9 Å². The number of pyridine rings is 1. The van der Waals surface area contributed by atoms with Crippen molar-refractivity contribution in [3.8, 4) is 11.3 Å². The number of halogens is 2. The van der Waals surface area contributed by atoms with E-state index in [2.05, 4.69) is 29.0 Å². The molecule has 2 aliphatic heterocycles. The Kier molecular flexibility index (Phi) is 3.08. The number of aromatic nitrogens is 2. The molecule has 2 aromatic carbocycles. The summed E-state index contributed by atoms with van der Waals surface area (Å²) in [4.78, 5) is 4.76. The van der Waals surface area contributed by atoms with Gasteiger partial charge in [0.1, 0.15) is 0 Å². The van der Waals surface area contributed by atoms with Gasteiger partial charge in [-0.2, -0.15) is 0 Å². The van der Waals surface area contributed by atoms with Crippen LogP contribution in [-0.4, -0.2) is 9.55 Å². The molecule has 2 nitrogen and oxygen atoms in total. The van der Waals surface area contributed by atoms with Gasteiger partial charge in [0, 0.05) is 34.6 Å². The minimum absolute atomic E-state index is 0. The van der Waals surface area contributed by atoms with Gasteiger partial charge in [-0.1, -0.05) is 29.8 Å². The molecule has 4 heteroatoms. The van der Waals surface area contributed by atoms with Crippen molar-refractivity contribution in [2.45, 2.75) is 0 Å². The van der Waals surface area contributed by atoms with Gasteiger partial charge >= 0.3 is 0 Å². The number of para-hydroxylation sites is 1. The Morgan fingerprint density at radius 2 is 1.85 bits per heavy atom. The lowest BCUT2D eigenvalue weighted by atomic mass is 10.1. The fraction of sp³-hybridized carbons (Fsp3) is 0.0625. The number of nitrogens with zero attached hydrogens (tertiary/aromatic N) is 2. The van der Waals surface area contributed by atoms with Gasteiger partial charge in [0.15, 0.2) is 0 Å². The lowest BCUT2D eigenvalue weighted by Crippen LogP contribution is -1.95. The Morgan fingerprint density at radius 3 is 2.70 bits per heavy atom. The Hall–Kier alpha value is -1.77. The van der Waals surface area contributed by atoms with Crippen LogP contribution in [0.3, 0.4) is 0 Å². The summed E-state index contributed by atoms with van der Waals surface area (Å²) in [5.74, 6) is 0. The summed E-state index contributed by atoms with van der Waals surface area (Å²) in [6, 6.07) is 14.2. The third-order valence-corrected chi connectivity index (χ3v) is 3.83. The molecule has 0 spiro atoms. The summed E-state index contributed by atoms with van der Waals surface area (Å²) in [6.07, 6.45) is 2.13. The van der Waals surface area contributed by atoms with Crippen molar-refractivity contribution in [3.63, 3.8) is 0 Å². The van der Waals surface area contributed by atoms with Crippen molar-refractivity contribution in [3.05, 3.63) is 53.7 Å². The highest BCUT2D eigenvalue weighted by molar-refractivity contribution is 6.31. The zero-order valence-electron chi connectivity index (χ0n) is 10.8. The maximum Gasteiger partial charge on any atom is 0.0824 e. The number of hydrogen-bond acceptors (Lipinski definition) is 1. The normalized spacial score (nSPS) is 11.1. The molecule has 0 saturated heterocycles. The molecule has 0 amide bonds. The molecule has 0 unspecified atom stereocenters. The van der Waals surface area contributed by atoms with Crippen molar-refractivity contribution in [2.75, 3.05) is 0 Å². The van der Waals surface area contributed by atoms with Crippen LogP contribution in [-0.2, 0) is 7.05 Å². The van der Waals surface area contributed by atoms with Crippen LogP contribution in [0.2, 0.25) is 5.02 Å². The minimum atomic E-state index is 0. The second-order valence-electron chi connectivity index (χ2n) is 4.79. The summed E-state index contributed by atoms with van der Waals surface area (Å²) in [7, 11) is 2.04. The molecule has 0 fully saturated rings. The van der Waals surface area contributed by atoms with Gasteiger partial charge in [-0.15, -0.1) is 12.4 Å². The minimum Gasteiger partial charge on any atom is -0.350 e. The first-order valence-electron chi connectivity index (χ1n) is 6.17. The first-order chi connectivity index (χ1) is 9.24. The molecule has 0 atom stereocenters. The summed E-state index contributed by atoms with van der Waals surface area (Å²) in [6.45, 7) is 0. The van der Waals surface area contributed by atoms with E-state index in [1.807, 2.05) is 31.3 Å².